The molecule has 2 aliphatic heterocycles. The van der Waals surface area contributed by atoms with Gasteiger partial charge in [0.05, 0.1) is 12.6 Å². The van der Waals surface area contributed by atoms with Crippen LogP contribution in [0.25, 0.3) is 0 Å². The highest BCUT2D eigenvalue weighted by Gasteiger charge is 2.33. The topological polar surface area (TPSA) is 58.6 Å². The summed E-state index contributed by atoms with van der Waals surface area (Å²) in [4.78, 5) is 25.0. The van der Waals surface area contributed by atoms with Crippen LogP contribution in [0.15, 0.2) is 0 Å². The van der Waals surface area contributed by atoms with E-state index in [2.05, 4.69) is 5.32 Å². The van der Waals surface area contributed by atoms with Gasteiger partial charge in [-0.15, -0.1) is 0 Å². The molecular formula is C10H16N2O3. The largest absolute Gasteiger partial charge is 0.379 e. The van der Waals surface area contributed by atoms with Crippen molar-refractivity contribution in [1.82, 2.24) is 10.2 Å². The molecule has 2 atom stereocenters. The number of nitrogens with zero attached hydrogens (tertiary/aromatic N) is 1. The Bertz CT molecular complexity index is 274. The Hall–Kier alpha value is -1.10. The van der Waals surface area contributed by atoms with Crippen LogP contribution < -0.4 is 5.32 Å². The average molecular weight is 212 g/mol. The zero-order valence-corrected chi connectivity index (χ0v) is 8.86. The first kappa shape index (κ1) is 10.4. The van der Waals surface area contributed by atoms with Crippen LogP contribution in [0, 0.1) is 0 Å². The molecule has 0 aromatic rings. The van der Waals surface area contributed by atoms with Gasteiger partial charge in [0.15, 0.2) is 0 Å². The van der Waals surface area contributed by atoms with E-state index in [0.29, 0.717) is 26.2 Å². The summed E-state index contributed by atoms with van der Waals surface area (Å²) in [6.07, 6.45) is 1.28. The van der Waals surface area contributed by atoms with Crippen molar-refractivity contribution in [3.63, 3.8) is 0 Å². The smallest absolute Gasteiger partial charge is 0.245 e. The van der Waals surface area contributed by atoms with Gasteiger partial charge in [-0.3, -0.25) is 9.59 Å². The van der Waals surface area contributed by atoms with E-state index in [1.807, 2.05) is 0 Å². The third kappa shape index (κ3) is 2.12. The number of hydrogen-bond acceptors (Lipinski definition) is 3. The number of nitrogens with one attached hydrogen (secondary N) is 1. The van der Waals surface area contributed by atoms with Crippen LogP contribution in [-0.4, -0.2) is 48.6 Å². The molecule has 2 unspecified atom stereocenters. The van der Waals surface area contributed by atoms with Gasteiger partial charge in [0.25, 0.3) is 0 Å². The summed E-state index contributed by atoms with van der Waals surface area (Å²) < 4.78 is 5.26. The Kier molecular flexibility index (Phi) is 2.90. The molecule has 2 amide bonds. The summed E-state index contributed by atoms with van der Waals surface area (Å²) in [6, 6.07) is -0.242. The van der Waals surface area contributed by atoms with E-state index in [0.717, 1.165) is 6.42 Å². The van der Waals surface area contributed by atoms with Crippen molar-refractivity contribution in [2.75, 3.05) is 19.8 Å². The molecule has 84 valence electrons. The SMILES string of the molecule is CC1NC(=O)CCN(C2CCOC2)C1=O. The summed E-state index contributed by atoms with van der Waals surface area (Å²) in [5.74, 6) is -0.0337. The van der Waals surface area contributed by atoms with E-state index < -0.39 is 6.04 Å². The lowest BCUT2D eigenvalue weighted by molar-refractivity contribution is -0.135. The van der Waals surface area contributed by atoms with Gasteiger partial charge in [0.1, 0.15) is 6.04 Å². The van der Waals surface area contributed by atoms with E-state index in [9.17, 15) is 9.59 Å². The normalized spacial score (nSPS) is 32.7. The molecule has 0 bridgehead atoms. The molecule has 5 heteroatoms. The van der Waals surface area contributed by atoms with E-state index in [1.165, 1.54) is 0 Å². The molecule has 2 rings (SSSR count). The third-order valence-electron chi connectivity index (χ3n) is 2.96. The van der Waals surface area contributed by atoms with Gasteiger partial charge in [-0.05, 0) is 13.3 Å². The fourth-order valence-electron chi connectivity index (χ4n) is 2.09. The summed E-state index contributed by atoms with van der Waals surface area (Å²) in [6.45, 7) is 3.56. The number of carbonyl (C=O) groups excluding carboxylic acids is 2. The Morgan fingerprint density at radius 2 is 2.27 bits per heavy atom. The maximum atomic E-state index is 11.9. The van der Waals surface area contributed by atoms with Crippen molar-refractivity contribution in [2.24, 2.45) is 0 Å². The minimum atomic E-state index is -0.402. The molecule has 0 radical (unpaired) electrons. The molecule has 0 aromatic heterocycles. The predicted octanol–water partition coefficient (Wildman–Crippen LogP) is -0.488. The quantitative estimate of drug-likeness (QED) is 0.638. The van der Waals surface area contributed by atoms with Crippen LogP contribution in [0.5, 0.6) is 0 Å². The number of carbonyl (C=O) groups is 2. The predicted molar refractivity (Wildman–Crippen MR) is 53.2 cm³/mol. The molecule has 2 aliphatic rings. The molecule has 0 saturated carbocycles. The summed E-state index contributed by atoms with van der Waals surface area (Å²) >= 11 is 0. The second-order valence-electron chi connectivity index (χ2n) is 4.09. The fraction of sp³-hybridized carbons (Fsp3) is 0.800. The Morgan fingerprint density at radius 3 is 2.93 bits per heavy atom. The molecule has 1 N–H and O–H groups in total. The Morgan fingerprint density at radius 1 is 1.47 bits per heavy atom. The minimum absolute atomic E-state index is 0.0105. The van der Waals surface area contributed by atoms with Crippen molar-refractivity contribution in [2.45, 2.75) is 31.8 Å². The highest BCUT2D eigenvalue weighted by Crippen LogP contribution is 2.15. The number of ether oxygens (including phenoxy) is 1. The monoisotopic (exact) mass is 212 g/mol. The lowest BCUT2D eigenvalue weighted by Crippen LogP contribution is -2.47. The first-order chi connectivity index (χ1) is 7.18. The molecule has 0 spiro atoms. The first-order valence-corrected chi connectivity index (χ1v) is 5.36. The van der Waals surface area contributed by atoms with E-state index >= 15 is 0 Å². The highest BCUT2D eigenvalue weighted by atomic mass is 16.5. The van der Waals surface area contributed by atoms with Gasteiger partial charge < -0.3 is 15.0 Å². The molecule has 5 nitrogen and oxygen atoms in total. The molecule has 2 saturated heterocycles. The van der Waals surface area contributed by atoms with Crippen LogP contribution >= 0.6 is 0 Å². The van der Waals surface area contributed by atoms with Gasteiger partial charge in [-0.1, -0.05) is 0 Å². The van der Waals surface area contributed by atoms with E-state index in [4.69, 9.17) is 4.74 Å². The lowest BCUT2D eigenvalue weighted by atomic mass is 10.2. The maximum absolute atomic E-state index is 11.9. The van der Waals surface area contributed by atoms with Crippen molar-refractivity contribution in [3.8, 4) is 0 Å². The highest BCUT2D eigenvalue weighted by molar-refractivity contribution is 5.89. The van der Waals surface area contributed by atoms with Gasteiger partial charge in [0, 0.05) is 19.6 Å². The first-order valence-electron chi connectivity index (χ1n) is 5.36. The van der Waals surface area contributed by atoms with Crippen LogP contribution in [0.1, 0.15) is 19.8 Å². The van der Waals surface area contributed by atoms with Crippen molar-refractivity contribution in [3.05, 3.63) is 0 Å². The average Bonchev–Trinajstić information content (AvgIpc) is 2.67. The fourth-order valence-corrected chi connectivity index (χ4v) is 2.09. The summed E-state index contributed by atoms with van der Waals surface area (Å²) in [5.41, 5.74) is 0. The van der Waals surface area contributed by atoms with Gasteiger partial charge >= 0.3 is 0 Å². The number of rotatable bonds is 1. The zero-order chi connectivity index (χ0) is 10.8. The molecule has 2 heterocycles. The summed E-state index contributed by atoms with van der Waals surface area (Å²) in [7, 11) is 0. The second-order valence-corrected chi connectivity index (χ2v) is 4.09. The van der Waals surface area contributed by atoms with Gasteiger partial charge in [-0.2, -0.15) is 0 Å². The number of amides is 2. The van der Waals surface area contributed by atoms with Crippen molar-refractivity contribution >= 4 is 11.8 Å². The van der Waals surface area contributed by atoms with Crippen LogP contribution in [0.4, 0.5) is 0 Å². The van der Waals surface area contributed by atoms with Crippen LogP contribution in [-0.2, 0) is 14.3 Å². The zero-order valence-electron chi connectivity index (χ0n) is 8.86. The van der Waals surface area contributed by atoms with Gasteiger partial charge in [-0.25, -0.2) is 0 Å². The van der Waals surface area contributed by atoms with E-state index in [1.54, 1.807) is 11.8 Å². The maximum Gasteiger partial charge on any atom is 0.245 e. The Balaban J connectivity index is 2.08. The summed E-state index contributed by atoms with van der Waals surface area (Å²) in [5, 5.41) is 2.67. The lowest BCUT2D eigenvalue weighted by Gasteiger charge is -2.27. The second kappa shape index (κ2) is 4.18. The van der Waals surface area contributed by atoms with Crippen molar-refractivity contribution in [1.29, 1.82) is 0 Å². The third-order valence-corrected chi connectivity index (χ3v) is 2.96. The van der Waals surface area contributed by atoms with Crippen LogP contribution in [0.2, 0.25) is 0 Å². The number of hydrogen-bond donors (Lipinski definition) is 1. The molecule has 2 fully saturated rings. The molecular weight excluding hydrogens is 196 g/mol. The molecule has 15 heavy (non-hydrogen) atoms. The standard InChI is InChI=1S/C10H16N2O3/c1-7-10(14)12(4-2-9(13)11-7)8-3-5-15-6-8/h7-8H,2-6H2,1H3,(H,11,13). The Labute approximate surface area is 88.8 Å². The van der Waals surface area contributed by atoms with E-state index in [-0.39, 0.29) is 17.9 Å². The molecule has 0 aliphatic carbocycles. The van der Waals surface area contributed by atoms with Crippen molar-refractivity contribution < 1.29 is 14.3 Å². The minimum Gasteiger partial charge on any atom is -0.379 e. The van der Waals surface area contributed by atoms with Gasteiger partial charge in [0.2, 0.25) is 11.8 Å². The molecule has 0 aromatic carbocycles. The van der Waals surface area contributed by atoms with Crippen LogP contribution in [0.3, 0.4) is 0 Å².